The van der Waals surface area contributed by atoms with Crippen LogP contribution in [0.5, 0.6) is 0 Å². The standard InChI is InChI=1S/C13H25N3O2S/c1-12(2)9-14-6-4-5-13-10-15-16(11-13)7-8-19(3,17)18/h10-12,14H,4-9H2,1-3H3. The van der Waals surface area contributed by atoms with Crippen molar-refractivity contribution in [3.63, 3.8) is 0 Å². The Morgan fingerprint density at radius 1 is 1.42 bits per heavy atom. The van der Waals surface area contributed by atoms with Gasteiger partial charge < -0.3 is 5.32 Å². The Balaban J connectivity index is 2.23. The molecule has 0 saturated carbocycles. The summed E-state index contributed by atoms with van der Waals surface area (Å²) in [5, 5.41) is 7.58. The van der Waals surface area contributed by atoms with Crippen LogP contribution in [-0.4, -0.2) is 43.3 Å². The third-order valence-electron chi connectivity index (χ3n) is 2.75. The topological polar surface area (TPSA) is 64.0 Å². The molecule has 0 aromatic carbocycles. The summed E-state index contributed by atoms with van der Waals surface area (Å²) in [5.74, 6) is 0.822. The van der Waals surface area contributed by atoms with Crippen LogP contribution in [0.4, 0.5) is 0 Å². The van der Waals surface area contributed by atoms with Gasteiger partial charge in [-0.3, -0.25) is 4.68 Å². The minimum atomic E-state index is -2.92. The van der Waals surface area contributed by atoms with Gasteiger partial charge in [0.1, 0.15) is 9.84 Å². The molecule has 1 aromatic heterocycles. The van der Waals surface area contributed by atoms with Crippen LogP contribution in [0.15, 0.2) is 12.4 Å². The molecule has 1 rings (SSSR count). The molecule has 1 N–H and O–H groups in total. The van der Waals surface area contributed by atoms with Gasteiger partial charge in [0, 0.05) is 12.5 Å². The van der Waals surface area contributed by atoms with Crippen LogP contribution in [0.3, 0.4) is 0 Å². The van der Waals surface area contributed by atoms with E-state index in [1.54, 1.807) is 4.68 Å². The van der Waals surface area contributed by atoms with Gasteiger partial charge in [-0.2, -0.15) is 5.10 Å². The van der Waals surface area contributed by atoms with Crippen LogP contribution in [0, 0.1) is 5.92 Å². The summed E-state index contributed by atoms with van der Waals surface area (Å²) < 4.78 is 23.8. The molecule has 0 unspecified atom stereocenters. The van der Waals surface area contributed by atoms with E-state index in [1.165, 1.54) is 11.8 Å². The van der Waals surface area contributed by atoms with Gasteiger partial charge in [0.2, 0.25) is 0 Å². The first-order valence-corrected chi connectivity index (χ1v) is 8.82. The second kappa shape index (κ2) is 7.65. The first-order chi connectivity index (χ1) is 8.87. The molecule has 1 heterocycles. The van der Waals surface area contributed by atoms with Gasteiger partial charge >= 0.3 is 0 Å². The highest BCUT2D eigenvalue weighted by Gasteiger charge is 2.04. The Morgan fingerprint density at radius 2 is 2.16 bits per heavy atom. The number of nitrogens with zero attached hydrogens (tertiary/aromatic N) is 2. The van der Waals surface area contributed by atoms with Crippen molar-refractivity contribution in [1.29, 1.82) is 0 Å². The molecule has 0 amide bonds. The lowest BCUT2D eigenvalue weighted by molar-refractivity contribution is 0.543. The number of rotatable bonds is 9. The van der Waals surface area contributed by atoms with Crippen molar-refractivity contribution >= 4 is 9.84 Å². The van der Waals surface area contributed by atoms with Crippen molar-refractivity contribution in [2.75, 3.05) is 25.1 Å². The zero-order valence-electron chi connectivity index (χ0n) is 12.1. The Morgan fingerprint density at radius 3 is 2.79 bits per heavy atom. The molecule has 0 fully saturated rings. The lowest BCUT2D eigenvalue weighted by Crippen LogP contribution is -2.21. The number of aryl methyl sites for hydroxylation is 2. The number of sulfone groups is 1. The Kier molecular flexibility index (Phi) is 6.51. The molecule has 6 heteroatoms. The third kappa shape index (κ3) is 8.00. The van der Waals surface area contributed by atoms with Crippen molar-refractivity contribution in [2.45, 2.75) is 33.2 Å². The fourth-order valence-electron chi connectivity index (χ4n) is 1.73. The van der Waals surface area contributed by atoms with Crippen molar-refractivity contribution < 1.29 is 8.42 Å². The fourth-order valence-corrected chi connectivity index (χ4v) is 2.24. The number of nitrogens with one attached hydrogen (secondary N) is 1. The van der Waals surface area contributed by atoms with Crippen molar-refractivity contribution in [3.8, 4) is 0 Å². The molecule has 0 saturated heterocycles. The molecular weight excluding hydrogens is 262 g/mol. The maximum atomic E-state index is 11.1. The predicted octanol–water partition coefficient (Wildman–Crippen LogP) is 1.11. The van der Waals surface area contributed by atoms with E-state index in [0.717, 1.165) is 25.9 Å². The van der Waals surface area contributed by atoms with E-state index in [4.69, 9.17) is 0 Å². The van der Waals surface area contributed by atoms with Gasteiger partial charge in [0.05, 0.1) is 18.5 Å². The van der Waals surface area contributed by atoms with E-state index in [1.807, 2.05) is 12.4 Å². The molecule has 1 aromatic rings. The van der Waals surface area contributed by atoms with E-state index >= 15 is 0 Å². The predicted molar refractivity (Wildman–Crippen MR) is 78.0 cm³/mol. The van der Waals surface area contributed by atoms with Crippen LogP contribution in [0.25, 0.3) is 0 Å². The van der Waals surface area contributed by atoms with Crippen LogP contribution in [-0.2, 0) is 22.8 Å². The summed E-state index contributed by atoms with van der Waals surface area (Å²) in [5.41, 5.74) is 1.17. The molecule has 0 aliphatic carbocycles. The Hall–Kier alpha value is -0.880. The number of hydrogen-bond acceptors (Lipinski definition) is 4. The van der Waals surface area contributed by atoms with Crippen LogP contribution >= 0.6 is 0 Å². The molecule has 0 bridgehead atoms. The monoisotopic (exact) mass is 287 g/mol. The lowest BCUT2D eigenvalue weighted by Gasteiger charge is -2.06. The zero-order valence-corrected chi connectivity index (χ0v) is 12.9. The summed E-state index contributed by atoms with van der Waals surface area (Å²) in [6.07, 6.45) is 7.06. The first-order valence-electron chi connectivity index (χ1n) is 6.76. The summed E-state index contributed by atoms with van der Waals surface area (Å²) in [4.78, 5) is 0. The smallest absolute Gasteiger partial charge is 0.149 e. The Bertz CT molecular complexity index is 466. The van der Waals surface area contributed by atoms with Gasteiger partial charge in [0.15, 0.2) is 0 Å². The number of aromatic nitrogens is 2. The largest absolute Gasteiger partial charge is 0.316 e. The van der Waals surface area contributed by atoms with Crippen molar-refractivity contribution in [3.05, 3.63) is 18.0 Å². The normalized spacial score (nSPS) is 12.2. The second-order valence-electron chi connectivity index (χ2n) is 5.44. The molecule has 0 spiro atoms. The van der Waals surface area contributed by atoms with Gasteiger partial charge in [-0.1, -0.05) is 13.8 Å². The highest BCUT2D eigenvalue weighted by Crippen LogP contribution is 2.02. The highest BCUT2D eigenvalue weighted by molar-refractivity contribution is 7.90. The van der Waals surface area contributed by atoms with E-state index < -0.39 is 9.84 Å². The molecule has 0 radical (unpaired) electrons. The molecular formula is C13H25N3O2S. The summed E-state index contributed by atoms with van der Waals surface area (Å²) in [6.45, 7) is 6.88. The van der Waals surface area contributed by atoms with E-state index in [9.17, 15) is 8.42 Å². The molecule has 110 valence electrons. The molecule has 5 nitrogen and oxygen atoms in total. The maximum absolute atomic E-state index is 11.1. The molecule has 0 aliphatic heterocycles. The molecule has 0 aliphatic rings. The summed E-state index contributed by atoms with van der Waals surface area (Å²) in [7, 11) is -2.92. The van der Waals surface area contributed by atoms with Gasteiger partial charge in [-0.05, 0) is 37.4 Å². The maximum Gasteiger partial charge on any atom is 0.149 e. The average Bonchev–Trinajstić information content (AvgIpc) is 2.72. The summed E-state index contributed by atoms with van der Waals surface area (Å²) in [6, 6.07) is 0. The van der Waals surface area contributed by atoms with Crippen LogP contribution < -0.4 is 5.32 Å². The summed E-state index contributed by atoms with van der Waals surface area (Å²) >= 11 is 0. The second-order valence-corrected chi connectivity index (χ2v) is 7.70. The van der Waals surface area contributed by atoms with E-state index in [-0.39, 0.29) is 5.75 Å². The van der Waals surface area contributed by atoms with Crippen LogP contribution in [0.1, 0.15) is 25.8 Å². The van der Waals surface area contributed by atoms with Crippen molar-refractivity contribution in [2.24, 2.45) is 5.92 Å². The zero-order chi connectivity index (χ0) is 14.3. The minimum Gasteiger partial charge on any atom is -0.316 e. The van der Waals surface area contributed by atoms with Gasteiger partial charge in [0.25, 0.3) is 0 Å². The van der Waals surface area contributed by atoms with Gasteiger partial charge in [-0.25, -0.2) is 8.42 Å². The third-order valence-corrected chi connectivity index (χ3v) is 3.67. The first kappa shape index (κ1) is 16.2. The highest BCUT2D eigenvalue weighted by atomic mass is 32.2. The van der Waals surface area contributed by atoms with E-state index in [0.29, 0.717) is 12.5 Å². The minimum absolute atomic E-state index is 0.143. The fraction of sp³-hybridized carbons (Fsp3) is 0.769. The van der Waals surface area contributed by atoms with Gasteiger partial charge in [-0.15, -0.1) is 0 Å². The number of hydrogen-bond donors (Lipinski definition) is 1. The van der Waals surface area contributed by atoms with E-state index in [2.05, 4.69) is 24.3 Å². The van der Waals surface area contributed by atoms with Crippen LogP contribution in [0.2, 0.25) is 0 Å². The quantitative estimate of drug-likeness (QED) is 0.691. The average molecular weight is 287 g/mol. The molecule has 19 heavy (non-hydrogen) atoms. The van der Waals surface area contributed by atoms with Crippen molar-refractivity contribution in [1.82, 2.24) is 15.1 Å². The SMILES string of the molecule is CC(C)CNCCCc1cnn(CCS(C)(=O)=O)c1. The molecule has 0 atom stereocenters. The lowest BCUT2D eigenvalue weighted by atomic mass is 10.2. The Labute approximate surface area is 116 Å².